The Labute approximate surface area is 88.2 Å². The zero-order valence-corrected chi connectivity index (χ0v) is 8.25. The summed E-state index contributed by atoms with van der Waals surface area (Å²) in [5.74, 6) is -0.533. The van der Waals surface area contributed by atoms with Crippen molar-refractivity contribution in [2.75, 3.05) is 5.73 Å². The standard InChI is InChI=1S/C7H5ClF3NOS/c8-5-3(13-7(9,10)11)1-2-4(14)6(5)12/h1-2,14H,12H2. The van der Waals surface area contributed by atoms with Crippen molar-refractivity contribution < 1.29 is 17.9 Å². The molecule has 1 aromatic rings. The molecule has 0 bridgehead atoms. The molecule has 0 aliphatic carbocycles. The topological polar surface area (TPSA) is 35.2 Å². The number of halogens is 4. The van der Waals surface area contributed by atoms with Gasteiger partial charge in [0.25, 0.3) is 0 Å². The molecule has 14 heavy (non-hydrogen) atoms. The van der Waals surface area contributed by atoms with E-state index in [1.807, 2.05) is 0 Å². The Kier molecular flexibility index (Phi) is 3.06. The third-order valence-corrected chi connectivity index (χ3v) is 2.13. The van der Waals surface area contributed by atoms with Crippen molar-refractivity contribution in [2.24, 2.45) is 0 Å². The van der Waals surface area contributed by atoms with Crippen LogP contribution in [0.5, 0.6) is 5.75 Å². The van der Waals surface area contributed by atoms with E-state index in [2.05, 4.69) is 17.4 Å². The van der Waals surface area contributed by atoms with Crippen molar-refractivity contribution in [3.63, 3.8) is 0 Å². The van der Waals surface area contributed by atoms with Gasteiger partial charge in [0.05, 0.1) is 5.69 Å². The lowest BCUT2D eigenvalue weighted by atomic mass is 10.3. The summed E-state index contributed by atoms with van der Waals surface area (Å²) in [7, 11) is 0. The summed E-state index contributed by atoms with van der Waals surface area (Å²) in [4.78, 5) is 0.296. The summed E-state index contributed by atoms with van der Waals surface area (Å²) in [6.45, 7) is 0. The highest BCUT2D eigenvalue weighted by molar-refractivity contribution is 7.80. The number of nitrogen functional groups attached to an aromatic ring is 1. The van der Waals surface area contributed by atoms with Crippen molar-refractivity contribution >= 4 is 29.9 Å². The molecule has 0 unspecified atom stereocenters. The molecule has 0 spiro atoms. The third kappa shape index (κ3) is 2.62. The second-order valence-electron chi connectivity index (χ2n) is 2.36. The molecule has 7 heteroatoms. The summed E-state index contributed by atoms with van der Waals surface area (Å²) in [6, 6.07) is 2.32. The highest BCUT2D eigenvalue weighted by atomic mass is 35.5. The molecule has 78 valence electrons. The molecular weight excluding hydrogens is 239 g/mol. The first-order valence-corrected chi connectivity index (χ1v) is 4.16. The van der Waals surface area contributed by atoms with Crippen molar-refractivity contribution in [3.8, 4) is 5.75 Å². The molecule has 2 N–H and O–H groups in total. The van der Waals surface area contributed by atoms with Gasteiger partial charge in [0, 0.05) is 4.90 Å². The molecule has 1 aromatic carbocycles. The van der Waals surface area contributed by atoms with Gasteiger partial charge in [0.2, 0.25) is 0 Å². The van der Waals surface area contributed by atoms with E-state index in [0.717, 1.165) is 6.07 Å². The van der Waals surface area contributed by atoms with Crippen LogP contribution in [-0.4, -0.2) is 6.36 Å². The summed E-state index contributed by atoms with van der Waals surface area (Å²) in [6.07, 6.45) is -4.78. The Morgan fingerprint density at radius 1 is 1.36 bits per heavy atom. The number of hydrogen-bond donors (Lipinski definition) is 2. The molecule has 0 heterocycles. The van der Waals surface area contributed by atoms with Gasteiger partial charge in [0.15, 0.2) is 0 Å². The smallest absolute Gasteiger partial charge is 0.404 e. The van der Waals surface area contributed by atoms with Gasteiger partial charge in [-0.25, -0.2) is 0 Å². The SMILES string of the molecule is Nc1c(S)ccc(OC(F)(F)F)c1Cl. The minimum absolute atomic E-state index is 0.0447. The zero-order chi connectivity index (χ0) is 10.9. The largest absolute Gasteiger partial charge is 0.573 e. The van der Waals surface area contributed by atoms with Gasteiger partial charge >= 0.3 is 6.36 Å². The summed E-state index contributed by atoms with van der Waals surface area (Å²) in [5.41, 5.74) is 5.30. The molecule has 0 aromatic heterocycles. The number of anilines is 1. The minimum atomic E-state index is -4.78. The van der Waals surface area contributed by atoms with E-state index < -0.39 is 12.1 Å². The fourth-order valence-corrected chi connectivity index (χ4v) is 1.22. The van der Waals surface area contributed by atoms with Crippen molar-refractivity contribution in [1.29, 1.82) is 0 Å². The predicted octanol–water partition coefficient (Wildman–Crippen LogP) is 3.11. The van der Waals surface area contributed by atoms with Crippen LogP contribution in [-0.2, 0) is 0 Å². The monoisotopic (exact) mass is 243 g/mol. The first-order chi connectivity index (χ1) is 6.31. The maximum absolute atomic E-state index is 11.8. The Hall–Kier alpha value is -0.750. The van der Waals surface area contributed by atoms with Crippen LogP contribution in [0.25, 0.3) is 0 Å². The number of alkyl halides is 3. The van der Waals surface area contributed by atoms with Gasteiger partial charge in [-0.3, -0.25) is 0 Å². The third-order valence-electron chi connectivity index (χ3n) is 1.35. The average molecular weight is 244 g/mol. The van der Waals surface area contributed by atoms with Crippen LogP contribution in [0.15, 0.2) is 17.0 Å². The molecule has 0 fully saturated rings. The normalized spacial score (nSPS) is 11.5. The van der Waals surface area contributed by atoms with E-state index >= 15 is 0 Å². The summed E-state index contributed by atoms with van der Waals surface area (Å²) < 4.78 is 39.1. The van der Waals surface area contributed by atoms with Crippen LogP contribution in [0.2, 0.25) is 5.02 Å². The maximum atomic E-state index is 11.8. The Bertz CT molecular complexity index is 356. The van der Waals surface area contributed by atoms with Crippen LogP contribution in [0.3, 0.4) is 0 Å². The van der Waals surface area contributed by atoms with Crippen LogP contribution in [0.1, 0.15) is 0 Å². The Balaban J connectivity index is 3.06. The number of benzene rings is 1. The predicted molar refractivity (Wildman–Crippen MR) is 49.8 cm³/mol. The number of nitrogens with two attached hydrogens (primary N) is 1. The first-order valence-electron chi connectivity index (χ1n) is 3.34. The molecule has 0 atom stereocenters. The van der Waals surface area contributed by atoms with Gasteiger partial charge in [-0.05, 0) is 12.1 Å². The fraction of sp³-hybridized carbons (Fsp3) is 0.143. The highest BCUT2D eigenvalue weighted by Gasteiger charge is 2.32. The van der Waals surface area contributed by atoms with Gasteiger partial charge < -0.3 is 10.5 Å². The first kappa shape index (κ1) is 11.3. The Morgan fingerprint density at radius 2 is 1.93 bits per heavy atom. The molecule has 0 amide bonds. The number of thiol groups is 1. The van der Waals surface area contributed by atoms with Crippen LogP contribution >= 0.6 is 24.2 Å². The molecule has 0 aliphatic heterocycles. The molecular formula is C7H5ClF3NOS. The van der Waals surface area contributed by atoms with E-state index in [-0.39, 0.29) is 10.7 Å². The van der Waals surface area contributed by atoms with Crippen molar-refractivity contribution in [3.05, 3.63) is 17.2 Å². The van der Waals surface area contributed by atoms with Gasteiger partial charge in [-0.2, -0.15) is 0 Å². The van der Waals surface area contributed by atoms with E-state index in [4.69, 9.17) is 17.3 Å². The number of hydrogen-bond acceptors (Lipinski definition) is 3. The summed E-state index contributed by atoms with van der Waals surface area (Å²) >= 11 is 9.39. The fourth-order valence-electron chi connectivity index (χ4n) is 0.766. The summed E-state index contributed by atoms with van der Waals surface area (Å²) in [5, 5.41) is -0.296. The van der Waals surface area contributed by atoms with Crippen LogP contribution in [0.4, 0.5) is 18.9 Å². The molecule has 0 saturated carbocycles. The lowest BCUT2D eigenvalue weighted by Crippen LogP contribution is -2.17. The Morgan fingerprint density at radius 3 is 2.43 bits per heavy atom. The lowest BCUT2D eigenvalue weighted by Gasteiger charge is -2.12. The highest BCUT2D eigenvalue weighted by Crippen LogP contribution is 2.37. The molecule has 0 radical (unpaired) electrons. The minimum Gasteiger partial charge on any atom is -0.404 e. The van der Waals surface area contributed by atoms with E-state index in [1.165, 1.54) is 6.07 Å². The van der Waals surface area contributed by atoms with E-state index in [9.17, 15) is 13.2 Å². The van der Waals surface area contributed by atoms with Crippen LogP contribution < -0.4 is 10.5 Å². The molecule has 0 aliphatic rings. The van der Waals surface area contributed by atoms with Gasteiger partial charge in [-0.15, -0.1) is 25.8 Å². The second-order valence-corrected chi connectivity index (χ2v) is 3.22. The van der Waals surface area contributed by atoms with Crippen molar-refractivity contribution in [1.82, 2.24) is 0 Å². The zero-order valence-electron chi connectivity index (χ0n) is 6.60. The quantitative estimate of drug-likeness (QED) is 0.587. The lowest BCUT2D eigenvalue weighted by molar-refractivity contribution is -0.274. The van der Waals surface area contributed by atoms with E-state index in [1.54, 1.807) is 0 Å². The molecule has 2 nitrogen and oxygen atoms in total. The maximum Gasteiger partial charge on any atom is 0.573 e. The van der Waals surface area contributed by atoms with Crippen LogP contribution in [0, 0.1) is 0 Å². The molecule has 0 saturated heterocycles. The average Bonchev–Trinajstić information content (AvgIpc) is 2.04. The second kappa shape index (κ2) is 3.78. The van der Waals surface area contributed by atoms with Gasteiger partial charge in [-0.1, -0.05) is 11.6 Å². The molecule has 1 rings (SSSR count). The van der Waals surface area contributed by atoms with Crippen molar-refractivity contribution in [2.45, 2.75) is 11.3 Å². The number of ether oxygens (including phenoxy) is 1. The van der Waals surface area contributed by atoms with Gasteiger partial charge in [0.1, 0.15) is 10.8 Å². The number of rotatable bonds is 1. The van der Waals surface area contributed by atoms with E-state index in [0.29, 0.717) is 4.90 Å².